The predicted molar refractivity (Wildman–Crippen MR) is 78.7 cm³/mol. The molecule has 0 fully saturated rings. The van der Waals surface area contributed by atoms with Crippen LogP contribution in [0.3, 0.4) is 0 Å². The number of ether oxygens (including phenoxy) is 2. The molecule has 0 saturated carbocycles. The van der Waals surface area contributed by atoms with Crippen LogP contribution in [0.2, 0.25) is 0 Å². The lowest BCUT2D eigenvalue weighted by atomic mass is 10.2. The Hall–Kier alpha value is -0.900. The average molecular weight is 255 g/mol. The van der Waals surface area contributed by atoms with Crippen molar-refractivity contribution in [1.82, 2.24) is 5.32 Å². The zero-order chi connectivity index (χ0) is 14.2. The summed E-state index contributed by atoms with van der Waals surface area (Å²) in [5, 5.41) is 3.25. The first-order valence-electron chi connectivity index (χ1n) is 6.67. The third kappa shape index (κ3) is 10.3. The van der Waals surface area contributed by atoms with Crippen molar-refractivity contribution >= 4 is 0 Å². The highest BCUT2D eigenvalue weighted by atomic mass is 16.7. The molecule has 1 N–H and O–H groups in total. The average Bonchev–Trinajstić information content (AvgIpc) is 2.49. The Bertz CT molecular complexity index is 236. The molecule has 0 aromatic heterocycles. The lowest BCUT2D eigenvalue weighted by Crippen LogP contribution is -2.29. The Balaban J connectivity index is 0. The SMILES string of the molecule is CC.CC.COC(CNCc1ccccc1)OC. The van der Waals surface area contributed by atoms with Crippen LogP contribution in [0.15, 0.2) is 30.3 Å². The van der Waals surface area contributed by atoms with Crippen LogP contribution in [-0.2, 0) is 16.0 Å². The number of hydrogen-bond donors (Lipinski definition) is 1. The summed E-state index contributed by atoms with van der Waals surface area (Å²) in [6.07, 6.45) is -0.168. The summed E-state index contributed by atoms with van der Waals surface area (Å²) in [6.45, 7) is 9.53. The first-order valence-corrected chi connectivity index (χ1v) is 6.67. The van der Waals surface area contributed by atoms with E-state index in [9.17, 15) is 0 Å². The maximum absolute atomic E-state index is 5.05. The van der Waals surface area contributed by atoms with Crippen LogP contribution in [0.1, 0.15) is 33.3 Å². The summed E-state index contributed by atoms with van der Waals surface area (Å²) < 4.78 is 10.1. The van der Waals surface area contributed by atoms with Crippen LogP contribution in [0, 0.1) is 0 Å². The third-order valence-corrected chi connectivity index (χ3v) is 2.01. The van der Waals surface area contributed by atoms with Gasteiger partial charge in [-0.2, -0.15) is 0 Å². The minimum atomic E-state index is -0.168. The fraction of sp³-hybridized carbons (Fsp3) is 0.600. The molecule has 1 rings (SSSR count). The summed E-state index contributed by atoms with van der Waals surface area (Å²) in [7, 11) is 3.27. The molecule has 3 nitrogen and oxygen atoms in total. The van der Waals surface area contributed by atoms with Gasteiger partial charge in [-0.15, -0.1) is 0 Å². The standard InChI is InChI=1S/C11H17NO2.2C2H6/c1-13-11(14-2)9-12-8-10-6-4-3-5-7-10;2*1-2/h3-7,11-12H,8-9H2,1-2H3;2*1-2H3. The Morgan fingerprint density at radius 2 is 1.44 bits per heavy atom. The van der Waals surface area contributed by atoms with Gasteiger partial charge < -0.3 is 14.8 Å². The Labute approximate surface area is 113 Å². The first-order chi connectivity index (χ1) is 8.86. The van der Waals surface area contributed by atoms with E-state index in [0.29, 0.717) is 6.54 Å². The van der Waals surface area contributed by atoms with Gasteiger partial charge in [0.05, 0.1) is 0 Å². The summed E-state index contributed by atoms with van der Waals surface area (Å²) >= 11 is 0. The quantitative estimate of drug-likeness (QED) is 0.790. The fourth-order valence-electron chi connectivity index (χ4n) is 1.19. The molecule has 0 atom stereocenters. The van der Waals surface area contributed by atoms with E-state index in [0.717, 1.165) is 6.54 Å². The van der Waals surface area contributed by atoms with Crippen LogP contribution in [-0.4, -0.2) is 27.1 Å². The van der Waals surface area contributed by atoms with Gasteiger partial charge in [-0.05, 0) is 5.56 Å². The molecule has 0 radical (unpaired) electrons. The molecule has 0 bridgehead atoms. The molecule has 0 aliphatic carbocycles. The first kappa shape index (κ1) is 19.4. The molecule has 106 valence electrons. The number of rotatable bonds is 6. The second kappa shape index (κ2) is 16.1. The van der Waals surface area contributed by atoms with Crippen molar-refractivity contribution in [3.05, 3.63) is 35.9 Å². The number of benzene rings is 1. The minimum absolute atomic E-state index is 0.168. The van der Waals surface area contributed by atoms with E-state index >= 15 is 0 Å². The molecule has 0 spiro atoms. The van der Waals surface area contributed by atoms with Crippen molar-refractivity contribution in [2.24, 2.45) is 0 Å². The Morgan fingerprint density at radius 3 is 1.89 bits per heavy atom. The molecule has 0 aliphatic heterocycles. The number of methoxy groups -OCH3 is 2. The monoisotopic (exact) mass is 255 g/mol. The third-order valence-electron chi connectivity index (χ3n) is 2.01. The van der Waals surface area contributed by atoms with Gasteiger partial charge in [0.15, 0.2) is 6.29 Å². The van der Waals surface area contributed by atoms with E-state index < -0.39 is 0 Å². The maximum Gasteiger partial charge on any atom is 0.169 e. The van der Waals surface area contributed by atoms with E-state index in [-0.39, 0.29) is 6.29 Å². The lowest BCUT2D eigenvalue weighted by Gasteiger charge is -2.13. The second-order valence-corrected chi connectivity index (χ2v) is 3.02. The molecular weight excluding hydrogens is 226 g/mol. The van der Waals surface area contributed by atoms with Crippen molar-refractivity contribution in [1.29, 1.82) is 0 Å². The topological polar surface area (TPSA) is 30.5 Å². The molecule has 0 unspecified atom stereocenters. The number of hydrogen-bond acceptors (Lipinski definition) is 3. The highest BCUT2D eigenvalue weighted by Crippen LogP contribution is 1.97. The molecule has 18 heavy (non-hydrogen) atoms. The maximum atomic E-state index is 5.05. The Kier molecular flexibility index (Phi) is 17.4. The largest absolute Gasteiger partial charge is 0.355 e. The Morgan fingerprint density at radius 1 is 0.944 bits per heavy atom. The number of nitrogens with one attached hydrogen (secondary N) is 1. The fourth-order valence-corrected chi connectivity index (χ4v) is 1.19. The van der Waals surface area contributed by atoms with Gasteiger partial charge in [-0.3, -0.25) is 0 Å². The van der Waals surface area contributed by atoms with E-state index in [1.54, 1.807) is 14.2 Å². The van der Waals surface area contributed by atoms with Crippen LogP contribution >= 0.6 is 0 Å². The van der Waals surface area contributed by atoms with E-state index in [1.807, 2.05) is 45.9 Å². The molecule has 3 heteroatoms. The van der Waals surface area contributed by atoms with Gasteiger partial charge in [0.25, 0.3) is 0 Å². The van der Waals surface area contributed by atoms with Crippen molar-refractivity contribution in [2.75, 3.05) is 20.8 Å². The molecule has 0 aliphatic rings. The lowest BCUT2D eigenvalue weighted by molar-refractivity contribution is -0.0989. The van der Waals surface area contributed by atoms with Gasteiger partial charge in [-0.25, -0.2) is 0 Å². The molecule has 1 aromatic rings. The zero-order valence-corrected chi connectivity index (χ0v) is 12.7. The van der Waals surface area contributed by atoms with E-state index in [1.165, 1.54) is 5.56 Å². The summed E-state index contributed by atoms with van der Waals surface area (Å²) in [5.41, 5.74) is 1.26. The summed E-state index contributed by atoms with van der Waals surface area (Å²) in [4.78, 5) is 0. The van der Waals surface area contributed by atoms with Crippen molar-refractivity contribution in [3.8, 4) is 0 Å². The highest BCUT2D eigenvalue weighted by Gasteiger charge is 2.02. The molecule has 0 amide bonds. The van der Waals surface area contributed by atoms with Crippen LogP contribution in [0.4, 0.5) is 0 Å². The van der Waals surface area contributed by atoms with Gasteiger partial charge in [0.1, 0.15) is 0 Å². The van der Waals surface area contributed by atoms with Crippen LogP contribution in [0.25, 0.3) is 0 Å². The van der Waals surface area contributed by atoms with Crippen LogP contribution < -0.4 is 5.32 Å². The smallest absolute Gasteiger partial charge is 0.169 e. The summed E-state index contributed by atoms with van der Waals surface area (Å²) in [6, 6.07) is 10.2. The predicted octanol–water partition coefficient (Wildman–Crippen LogP) is 3.45. The molecule has 1 aromatic carbocycles. The van der Waals surface area contributed by atoms with E-state index in [2.05, 4.69) is 17.4 Å². The van der Waals surface area contributed by atoms with E-state index in [4.69, 9.17) is 9.47 Å². The summed E-state index contributed by atoms with van der Waals surface area (Å²) in [5.74, 6) is 0. The van der Waals surface area contributed by atoms with Crippen molar-refractivity contribution < 1.29 is 9.47 Å². The van der Waals surface area contributed by atoms with Gasteiger partial charge in [-0.1, -0.05) is 58.0 Å². The van der Waals surface area contributed by atoms with Gasteiger partial charge in [0, 0.05) is 27.3 Å². The van der Waals surface area contributed by atoms with Crippen LogP contribution in [0.5, 0.6) is 0 Å². The van der Waals surface area contributed by atoms with Crippen molar-refractivity contribution in [3.63, 3.8) is 0 Å². The van der Waals surface area contributed by atoms with Crippen molar-refractivity contribution in [2.45, 2.75) is 40.5 Å². The second-order valence-electron chi connectivity index (χ2n) is 3.02. The van der Waals surface area contributed by atoms with Gasteiger partial charge in [0.2, 0.25) is 0 Å². The minimum Gasteiger partial charge on any atom is -0.355 e. The molecule has 0 saturated heterocycles. The van der Waals surface area contributed by atoms with Gasteiger partial charge >= 0.3 is 0 Å². The highest BCUT2D eigenvalue weighted by molar-refractivity contribution is 5.14. The zero-order valence-electron chi connectivity index (χ0n) is 12.7. The molecule has 0 heterocycles. The normalized spacial score (nSPS) is 9.06. The molecular formula is C15H29NO2.